The number of carbonyl (C=O) groups excluding carboxylic acids is 2. The smallest absolute Gasteiger partial charge is 0.253 e. The molecule has 0 radical (unpaired) electrons. The zero-order chi connectivity index (χ0) is 14.8. The molecule has 0 fully saturated rings. The fraction of sp³-hybridized carbons (Fsp3) is 0.385. The van der Waals surface area contributed by atoms with E-state index in [-0.39, 0.29) is 24.0 Å². The van der Waals surface area contributed by atoms with Crippen LogP contribution in [0.15, 0.2) is 34.5 Å². The second-order valence-electron chi connectivity index (χ2n) is 4.46. The van der Waals surface area contributed by atoms with Crippen LogP contribution in [0.4, 0.5) is 0 Å². The molecule has 0 bridgehead atoms. The monoisotopic (exact) mass is 343 g/mol. The predicted octanol–water partition coefficient (Wildman–Crippen LogP) is 2.11. The van der Waals surface area contributed by atoms with Crippen LogP contribution in [-0.4, -0.2) is 22.1 Å². The highest BCUT2D eigenvalue weighted by atomic mass is 79.9. The van der Waals surface area contributed by atoms with Crippen LogP contribution in [-0.2, 0) is 19.9 Å². The summed E-state index contributed by atoms with van der Waals surface area (Å²) >= 11 is 3.22. The standard InChI is InChI=1S/C13H14BrNO5/c1-13(8-4-3-7-19-8)11(18)10(17)12(20-13)15-9(16)5-2-6-14/h3-4,7,17H,2,5-6H2,1H3,(H,15,16). The lowest BCUT2D eigenvalue weighted by atomic mass is 9.98. The lowest BCUT2D eigenvalue weighted by molar-refractivity contribution is -0.134. The largest absolute Gasteiger partial charge is 0.501 e. The maximum absolute atomic E-state index is 12.1. The van der Waals surface area contributed by atoms with E-state index in [1.165, 1.54) is 13.2 Å². The van der Waals surface area contributed by atoms with Crippen LogP contribution in [0.5, 0.6) is 0 Å². The number of halogens is 1. The number of alkyl halides is 1. The average Bonchev–Trinajstić information content (AvgIpc) is 3.02. The van der Waals surface area contributed by atoms with Gasteiger partial charge in [0.05, 0.1) is 6.26 Å². The van der Waals surface area contributed by atoms with Crippen LogP contribution in [0, 0.1) is 0 Å². The van der Waals surface area contributed by atoms with Crippen LogP contribution in [0.25, 0.3) is 0 Å². The Morgan fingerprint density at radius 1 is 1.55 bits per heavy atom. The third-order valence-electron chi connectivity index (χ3n) is 2.95. The number of ketones is 1. The SMILES string of the molecule is CC1(c2ccco2)OC(NC(=O)CCCBr)=C(O)C1=O. The Hall–Kier alpha value is -1.76. The van der Waals surface area contributed by atoms with E-state index in [0.717, 1.165) is 0 Å². The maximum Gasteiger partial charge on any atom is 0.253 e. The highest BCUT2D eigenvalue weighted by Gasteiger charge is 2.50. The molecule has 1 amide bonds. The van der Waals surface area contributed by atoms with Gasteiger partial charge in [-0.2, -0.15) is 0 Å². The summed E-state index contributed by atoms with van der Waals surface area (Å²) in [7, 11) is 0. The molecular formula is C13H14BrNO5. The maximum atomic E-state index is 12.1. The molecule has 108 valence electrons. The highest BCUT2D eigenvalue weighted by Crippen LogP contribution is 2.37. The van der Waals surface area contributed by atoms with E-state index in [1.807, 2.05) is 0 Å². The summed E-state index contributed by atoms with van der Waals surface area (Å²) in [5.74, 6) is -1.55. The van der Waals surface area contributed by atoms with Crippen molar-refractivity contribution in [1.29, 1.82) is 0 Å². The third-order valence-corrected chi connectivity index (χ3v) is 3.51. The van der Waals surface area contributed by atoms with Crippen molar-refractivity contribution in [2.24, 2.45) is 0 Å². The fourth-order valence-corrected chi connectivity index (χ4v) is 2.12. The van der Waals surface area contributed by atoms with E-state index >= 15 is 0 Å². The molecule has 1 aromatic rings. The van der Waals surface area contributed by atoms with E-state index in [2.05, 4.69) is 21.2 Å². The fourth-order valence-electron chi connectivity index (χ4n) is 1.84. The molecule has 2 rings (SSSR count). The van der Waals surface area contributed by atoms with Gasteiger partial charge in [0.1, 0.15) is 0 Å². The molecule has 6 nitrogen and oxygen atoms in total. The van der Waals surface area contributed by atoms with Crippen LogP contribution < -0.4 is 5.32 Å². The first-order chi connectivity index (χ1) is 9.49. The molecule has 1 aromatic heterocycles. The van der Waals surface area contributed by atoms with Crippen molar-refractivity contribution in [3.05, 3.63) is 35.8 Å². The third kappa shape index (κ3) is 2.58. The van der Waals surface area contributed by atoms with Crippen molar-refractivity contribution in [2.75, 3.05) is 5.33 Å². The van der Waals surface area contributed by atoms with Gasteiger partial charge in [-0.1, -0.05) is 15.9 Å². The number of aliphatic hydroxyl groups excluding tert-OH is 1. The lowest BCUT2D eigenvalue weighted by Crippen LogP contribution is -2.31. The molecule has 1 aliphatic rings. The molecule has 7 heteroatoms. The summed E-state index contributed by atoms with van der Waals surface area (Å²) in [6.45, 7) is 1.47. The molecule has 0 saturated carbocycles. The molecule has 1 atom stereocenters. The summed E-state index contributed by atoms with van der Waals surface area (Å²) in [6.07, 6.45) is 2.31. The number of carbonyl (C=O) groups is 2. The number of aliphatic hydroxyl groups is 1. The lowest BCUT2D eigenvalue weighted by Gasteiger charge is -2.20. The number of ether oxygens (including phenoxy) is 1. The molecule has 0 saturated heterocycles. The second kappa shape index (κ2) is 5.70. The van der Waals surface area contributed by atoms with Crippen LogP contribution in [0.2, 0.25) is 0 Å². The van der Waals surface area contributed by atoms with Crippen molar-refractivity contribution >= 4 is 27.6 Å². The molecule has 2 heterocycles. The van der Waals surface area contributed by atoms with Crippen molar-refractivity contribution in [3.63, 3.8) is 0 Å². The number of hydrogen-bond acceptors (Lipinski definition) is 5. The van der Waals surface area contributed by atoms with Crippen molar-refractivity contribution in [2.45, 2.75) is 25.4 Å². The average molecular weight is 344 g/mol. The number of Topliss-reactive ketones (excluding diaryl/α,β-unsaturated/α-hetero) is 1. The first kappa shape index (κ1) is 14.6. The van der Waals surface area contributed by atoms with E-state index in [9.17, 15) is 14.7 Å². The normalized spacial score (nSPS) is 22.0. The molecule has 1 unspecified atom stereocenters. The van der Waals surface area contributed by atoms with Crippen molar-refractivity contribution in [3.8, 4) is 0 Å². The number of rotatable bonds is 5. The van der Waals surface area contributed by atoms with Crippen LogP contribution in [0.1, 0.15) is 25.5 Å². The van der Waals surface area contributed by atoms with Gasteiger partial charge >= 0.3 is 0 Å². The first-order valence-electron chi connectivity index (χ1n) is 6.06. The van der Waals surface area contributed by atoms with Gasteiger partial charge in [0.2, 0.25) is 23.2 Å². The van der Waals surface area contributed by atoms with E-state index in [4.69, 9.17) is 9.15 Å². The number of nitrogens with one attached hydrogen (secondary N) is 1. The number of hydrogen-bond donors (Lipinski definition) is 2. The zero-order valence-corrected chi connectivity index (χ0v) is 12.4. The summed E-state index contributed by atoms with van der Waals surface area (Å²) in [5.41, 5.74) is -1.45. The quantitative estimate of drug-likeness (QED) is 0.799. The van der Waals surface area contributed by atoms with Gasteiger partial charge in [-0.3, -0.25) is 14.9 Å². The van der Waals surface area contributed by atoms with Gasteiger partial charge in [-0.15, -0.1) is 0 Å². The zero-order valence-electron chi connectivity index (χ0n) is 10.8. The minimum atomic E-state index is -1.45. The Morgan fingerprint density at radius 2 is 2.30 bits per heavy atom. The topological polar surface area (TPSA) is 88.8 Å². The van der Waals surface area contributed by atoms with E-state index in [0.29, 0.717) is 11.8 Å². The van der Waals surface area contributed by atoms with E-state index in [1.54, 1.807) is 12.1 Å². The van der Waals surface area contributed by atoms with Gasteiger partial charge in [0.25, 0.3) is 5.78 Å². The molecule has 0 spiro atoms. The van der Waals surface area contributed by atoms with Gasteiger partial charge in [0, 0.05) is 11.8 Å². The summed E-state index contributed by atoms with van der Waals surface area (Å²) in [5, 5.41) is 12.9. The molecular weight excluding hydrogens is 330 g/mol. The minimum absolute atomic E-state index is 0.228. The van der Waals surface area contributed by atoms with Crippen LogP contribution >= 0.6 is 15.9 Å². The Bertz CT molecular complexity index is 551. The van der Waals surface area contributed by atoms with Crippen molar-refractivity contribution < 1.29 is 23.8 Å². The van der Waals surface area contributed by atoms with Gasteiger partial charge < -0.3 is 14.3 Å². The van der Waals surface area contributed by atoms with Gasteiger partial charge in [0.15, 0.2) is 5.76 Å². The Balaban J connectivity index is 2.13. The molecule has 20 heavy (non-hydrogen) atoms. The van der Waals surface area contributed by atoms with Gasteiger partial charge in [-0.25, -0.2) is 0 Å². The summed E-state index contributed by atoms with van der Waals surface area (Å²) in [4.78, 5) is 23.7. The second-order valence-corrected chi connectivity index (χ2v) is 5.25. The highest BCUT2D eigenvalue weighted by molar-refractivity contribution is 9.09. The molecule has 0 aromatic carbocycles. The molecule has 2 N–H and O–H groups in total. The van der Waals surface area contributed by atoms with E-state index < -0.39 is 17.1 Å². The first-order valence-corrected chi connectivity index (χ1v) is 7.18. The summed E-state index contributed by atoms with van der Waals surface area (Å²) in [6, 6.07) is 3.18. The minimum Gasteiger partial charge on any atom is -0.501 e. The van der Waals surface area contributed by atoms with Gasteiger partial charge in [-0.05, 0) is 25.5 Å². The summed E-state index contributed by atoms with van der Waals surface area (Å²) < 4.78 is 10.6. The van der Waals surface area contributed by atoms with Crippen LogP contribution in [0.3, 0.4) is 0 Å². The predicted molar refractivity (Wildman–Crippen MR) is 73.0 cm³/mol. The number of furan rings is 1. The van der Waals surface area contributed by atoms with Crippen molar-refractivity contribution in [1.82, 2.24) is 5.32 Å². The Kier molecular flexibility index (Phi) is 4.17. The Morgan fingerprint density at radius 3 is 2.90 bits per heavy atom. The molecule has 0 aliphatic carbocycles. The Labute approximate surface area is 123 Å². The number of amides is 1. The molecule has 1 aliphatic heterocycles.